The van der Waals surface area contributed by atoms with Gasteiger partial charge in [-0.2, -0.15) is 0 Å². The summed E-state index contributed by atoms with van der Waals surface area (Å²) >= 11 is 11.5. The van der Waals surface area contributed by atoms with Crippen LogP contribution in [0.4, 0.5) is 5.82 Å². The van der Waals surface area contributed by atoms with Gasteiger partial charge in [0.1, 0.15) is 0 Å². The van der Waals surface area contributed by atoms with E-state index < -0.39 is 0 Å². The monoisotopic (exact) mass is 259 g/mol. The molecule has 88 valence electrons. The molecule has 3 nitrogen and oxygen atoms in total. The number of hydrogen-bond donors (Lipinski definition) is 0. The Morgan fingerprint density at radius 3 is 2.94 bits per heavy atom. The average Bonchev–Trinajstić information content (AvgIpc) is 2.31. The second-order valence-electron chi connectivity index (χ2n) is 4.15. The molecule has 1 aliphatic rings. The van der Waals surface area contributed by atoms with Gasteiger partial charge in [-0.25, -0.2) is 0 Å². The molecular formula is C11H15Cl2N3. The quantitative estimate of drug-likeness (QED) is 0.782. The standard InChI is InChI=1S/C11H15Cl2N3/c12-6-5-9-2-1-7-16(8-9)11-4-3-10(13)14-15-11/h3-4,9H,1-2,5-8H2. The molecule has 2 rings (SSSR count). The average molecular weight is 260 g/mol. The maximum absolute atomic E-state index is 5.79. The lowest BCUT2D eigenvalue weighted by atomic mass is 9.96. The van der Waals surface area contributed by atoms with Crippen LogP contribution >= 0.6 is 23.2 Å². The zero-order valence-electron chi connectivity index (χ0n) is 9.07. The number of piperidine rings is 1. The van der Waals surface area contributed by atoms with E-state index in [0.29, 0.717) is 11.1 Å². The van der Waals surface area contributed by atoms with Crippen LogP contribution in [0.3, 0.4) is 0 Å². The first kappa shape index (κ1) is 11.9. The SMILES string of the molecule is ClCCC1CCCN(c2ccc(Cl)nn2)C1. The third kappa shape index (κ3) is 2.98. The summed E-state index contributed by atoms with van der Waals surface area (Å²) in [6.45, 7) is 2.08. The van der Waals surface area contributed by atoms with E-state index in [2.05, 4.69) is 15.1 Å². The van der Waals surface area contributed by atoms with Crippen molar-refractivity contribution in [2.75, 3.05) is 23.9 Å². The highest BCUT2D eigenvalue weighted by molar-refractivity contribution is 6.29. The molecule has 1 unspecified atom stereocenters. The third-order valence-electron chi connectivity index (χ3n) is 2.98. The van der Waals surface area contributed by atoms with Gasteiger partial charge in [0, 0.05) is 19.0 Å². The molecule has 0 spiro atoms. The van der Waals surface area contributed by atoms with Gasteiger partial charge in [-0.1, -0.05) is 11.6 Å². The summed E-state index contributed by atoms with van der Waals surface area (Å²) in [6.07, 6.45) is 3.55. The van der Waals surface area contributed by atoms with E-state index in [9.17, 15) is 0 Å². The number of aromatic nitrogens is 2. The van der Waals surface area contributed by atoms with E-state index in [1.54, 1.807) is 6.07 Å². The second-order valence-corrected chi connectivity index (χ2v) is 4.91. The molecule has 2 heterocycles. The van der Waals surface area contributed by atoms with Crippen LogP contribution in [-0.2, 0) is 0 Å². The van der Waals surface area contributed by atoms with E-state index >= 15 is 0 Å². The molecule has 5 heteroatoms. The summed E-state index contributed by atoms with van der Waals surface area (Å²) in [6, 6.07) is 3.72. The minimum atomic E-state index is 0.443. The fourth-order valence-corrected chi connectivity index (χ4v) is 2.55. The lowest BCUT2D eigenvalue weighted by Gasteiger charge is -2.33. The molecule has 1 saturated heterocycles. The Morgan fingerprint density at radius 2 is 2.25 bits per heavy atom. The predicted molar refractivity (Wildman–Crippen MR) is 67.3 cm³/mol. The molecule has 1 aliphatic heterocycles. The Kier molecular flexibility index (Phi) is 4.24. The second kappa shape index (κ2) is 5.69. The van der Waals surface area contributed by atoms with Crippen LogP contribution in [0.1, 0.15) is 19.3 Å². The van der Waals surface area contributed by atoms with Crippen LogP contribution < -0.4 is 4.90 Å². The summed E-state index contributed by atoms with van der Waals surface area (Å²) in [5.41, 5.74) is 0. The van der Waals surface area contributed by atoms with Gasteiger partial charge >= 0.3 is 0 Å². The summed E-state index contributed by atoms with van der Waals surface area (Å²) in [7, 11) is 0. The van der Waals surface area contributed by atoms with Gasteiger partial charge in [-0.15, -0.1) is 21.8 Å². The number of rotatable bonds is 3. The number of anilines is 1. The largest absolute Gasteiger partial charge is 0.355 e. The molecular weight excluding hydrogens is 245 g/mol. The van der Waals surface area contributed by atoms with Crippen molar-refractivity contribution in [3.8, 4) is 0 Å². The van der Waals surface area contributed by atoms with E-state index in [0.717, 1.165) is 31.2 Å². The van der Waals surface area contributed by atoms with E-state index in [-0.39, 0.29) is 0 Å². The molecule has 1 aromatic heterocycles. The first-order chi connectivity index (χ1) is 7.79. The smallest absolute Gasteiger partial charge is 0.151 e. The molecule has 16 heavy (non-hydrogen) atoms. The Bertz CT molecular complexity index is 327. The summed E-state index contributed by atoms with van der Waals surface area (Å²) in [4.78, 5) is 2.27. The Balaban J connectivity index is 2.01. The highest BCUT2D eigenvalue weighted by Gasteiger charge is 2.20. The van der Waals surface area contributed by atoms with Gasteiger partial charge in [0.05, 0.1) is 0 Å². The van der Waals surface area contributed by atoms with Gasteiger partial charge in [0.2, 0.25) is 0 Å². The molecule has 0 N–H and O–H groups in total. The van der Waals surface area contributed by atoms with Crippen molar-refractivity contribution in [3.63, 3.8) is 0 Å². The maximum atomic E-state index is 5.79. The van der Waals surface area contributed by atoms with Crippen molar-refractivity contribution >= 4 is 29.0 Å². The lowest BCUT2D eigenvalue weighted by molar-refractivity contribution is 0.404. The summed E-state index contributed by atoms with van der Waals surface area (Å²) < 4.78 is 0. The van der Waals surface area contributed by atoms with Crippen LogP contribution in [0, 0.1) is 5.92 Å². The zero-order chi connectivity index (χ0) is 11.4. The van der Waals surface area contributed by atoms with Crippen LogP contribution in [0.15, 0.2) is 12.1 Å². The summed E-state index contributed by atoms with van der Waals surface area (Å²) in [5, 5.41) is 8.42. The lowest BCUT2D eigenvalue weighted by Crippen LogP contribution is -2.36. The van der Waals surface area contributed by atoms with Crippen molar-refractivity contribution in [2.24, 2.45) is 5.92 Å². The maximum Gasteiger partial charge on any atom is 0.151 e. The fourth-order valence-electron chi connectivity index (χ4n) is 2.14. The number of hydrogen-bond acceptors (Lipinski definition) is 3. The Labute approximate surface area is 106 Å². The van der Waals surface area contributed by atoms with Crippen molar-refractivity contribution in [1.82, 2.24) is 10.2 Å². The van der Waals surface area contributed by atoms with E-state index in [1.807, 2.05) is 6.07 Å². The Hall–Kier alpha value is -0.540. The molecule has 0 bridgehead atoms. The van der Waals surface area contributed by atoms with Crippen LogP contribution in [-0.4, -0.2) is 29.2 Å². The van der Waals surface area contributed by atoms with Crippen LogP contribution in [0.2, 0.25) is 5.15 Å². The molecule has 0 aliphatic carbocycles. The predicted octanol–water partition coefficient (Wildman–Crippen LogP) is 2.98. The molecule has 1 aromatic rings. The van der Waals surface area contributed by atoms with E-state index in [4.69, 9.17) is 23.2 Å². The van der Waals surface area contributed by atoms with Crippen molar-refractivity contribution < 1.29 is 0 Å². The molecule has 0 radical (unpaired) electrons. The first-order valence-electron chi connectivity index (χ1n) is 5.59. The molecule has 0 saturated carbocycles. The van der Waals surface area contributed by atoms with Crippen LogP contribution in [0.25, 0.3) is 0 Å². The molecule has 0 aromatic carbocycles. The number of nitrogens with zero attached hydrogens (tertiary/aromatic N) is 3. The van der Waals surface area contributed by atoms with Crippen molar-refractivity contribution in [1.29, 1.82) is 0 Å². The first-order valence-corrected chi connectivity index (χ1v) is 6.51. The minimum Gasteiger partial charge on any atom is -0.355 e. The van der Waals surface area contributed by atoms with Crippen molar-refractivity contribution in [3.05, 3.63) is 17.3 Å². The topological polar surface area (TPSA) is 29.0 Å². The Morgan fingerprint density at radius 1 is 1.38 bits per heavy atom. The van der Waals surface area contributed by atoms with Gasteiger partial charge in [-0.3, -0.25) is 0 Å². The molecule has 0 amide bonds. The molecule has 1 fully saturated rings. The van der Waals surface area contributed by atoms with Crippen molar-refractivity contribution in [2.45, 2.75) is 19.3 Å². The molecule has 1 atom stereocenters. The summed E-state index contributed by atoms with van der Waals surface area (Å²) in [5.74, 6) is 2.34. The fraction of sp³-hybridized carbons (Fsp3) is 0.636. The van der Waals surface area contributed by atoms with Gasteiger partial charge in [0.25, 0.3) is 0 Å². The highest BCUT2D eigenvalue weighted by Crippen LogP contribution is 2.23. The van der Waals surface area contributed by atoms with E-state index in [1.165, 1.54) is 12.8 Å². The van der Waals surface area contributed by atoms with Gasteiger partial charge < -0.3 is 4.90 Å². The normalized spacial score (nSPS) is 21.1. The van der Waals surface area contributed by atoms with Gasteiger partial charge in [0.15, 0.2) is 11.0 Å². The third-order valence-corrected chi connectivity index (χ3v) is 3.40. The van der Waals surface area contributed by atoms with Gasteiger partial charge in [-0.05, 0) is 37.3 Å². The van der Waals surface area contributed by atoms with Crippen LogP contribution in [0.5, 0.6) is 0 Å². The minimum absolute atomic E-state index is 0.443. The zero-order valence-corrected chi connectivity index (χ0v) is 10.6. The number of halogens is 2. The number of alkyl halides is 1. The highest BCUT2D eigenvalue weighted by atomic mass is 35.5.